The molecule has 1 saturated heterocycles. The van der Waals surface area contributed by atoms with E-state index in [9.17, 15) is 18.0 Å². The zero-order valence-corrected chi connectivity index (χ0v) is 21.6. The summed E-state index contributed by atoms with van der Waals surface area (Å²) < 4.78 is 38.3. The van der Waals surface area contributed by atoms with Crippen molar-refractivity contribution in [3.63, 3.8) is 0 Å². The highest BCUT2D eigenvalue weighted by Gasteiger charge is 2.26. The predicted molar refractivity (Wildman–Crippen MR) is 140 cm³/mol. The number of nitrogens with zero attached hydrogens (tertiary/aromatic N) is 1. The molecule has 194 valence electrons. The Morgan fingerprint density at radius 1 is 0.919 bits per heavy atom. The second kappa shape index (κ2) is 12.2. The summed E-state index contributed by atoms with van der Waals surface area (Å²) in [6.07, 6.45) is 2.67. The number of sulfonamides is 1. The molecule has 10 heteroatoms. The number of piperidine rings is 1. The molecule has 1 aliphatic heterocycles. The van der Waals surface area contributed by atoms with E-state index in [1.54, 1.807) is 36.4 Å². The number of rotatable bonds is 9. The number of nitrogens with one attached hydrogen (secondary N) is 1. The van der Waals surface area contributed by atoms with Gasteiger partial charge < -0.3 is 14.8 Å². The summed E-state index contributed by atoms with van der Waals surface area (Å²) in [4.78, 5) is 25.2. The molecule has 0 unspecified atom stereocenters. The molecule has 1 aliphatic rings. The fraction of sp³-hybridized carbons (Fsp3) is 0.259. The summed E-state index contributed by atoms with van der Waals surface area (Å²) in [5.41, 5.74) is 1.22. The number of para-hydroxylation sites is 1. The van der Waals surface area contributed by atoms with Crippen LogP contribution in [0.1, 0.15) is 35.2 Å². The molecule has 0 saturated carbocycles. The molecule has 3 aromatic carbocycles. The van der Waals surface area contributed by atoms with Gasteiger partial charge in [0.2, 0.25) is 10.0 Å². The summed E-state index contributed by atoms with van der Waals surface area (Å²) in [5, 5.41) is 3.13. The molecule has 0 spiro atoms. The van der Waals surface area contributed by atoms with Gasteiger partial charge in [0, 0.05) is 29.4 Å². The number of carbonyl (C=O) groups excluding carboxylic acids is 2. The molecule has 0 bridgehead atoms. The van der Waals surface area contributed by atoms with E-state index in [0.717, 1.165) is 24.8 Å². The quantitative estimate of drug-likeness (QED) is 0.386. The lowest BCUT2D eigenvalue weighted by Crippen LogP contribution is -2.35. The topological polar surface area (TPSA) is 102 Å². The summed E-state index contributed by atoms with van der Waals surface area (Å²) in [6.45, 7) is 0.568. The molecule has 37 heavy (non-hydrogen) atoms. The molecule has 8 nitrogen and oxygen atoms in total. The predicted octanol–water partition coefficient (Wildman–Crippen LogP) is 4.89. The van der Waals surface area contributed by atoms with Crippen molar-refractivity contribution in [1.82, 2.24) is 4.31 Å². The average molecular weight is 543 g/mol. The van der Waals surface area contributed by atoms with E-state index in [1.807, 2.05) is 18.2 Å². The number of carbonyl (C=O) groups is 2. The third kappa shape index (κ3) is 6.88. The monoisotopic (exact) mass is 542 g/mol. The zero-order chi connectivity index (χ0) is 26.3. The molecule has 1 amide bonds. The van der Waals surface area contributed by atoms with Crippen molar-refractivity contribution >= 4 is 39.2 Å². The molecule has 3 aromatic rings. The normalized spacial score (nSPS) is 14.1. The Hall–Kier alpha value is -3.40. The van der Waals surface area contributed by atoms with Gasteiger partial charge in [0.05, 0.1) is 4.90 Å². The molecular weight excluding hydrogens is 516 g/mol. The van der Waals surface area contributed by atoms with Crippen LogP contribution in [0.25, 0.3) is 0 Å². The number of hydrogen-bond acceptors (Lipinski definition) is 6. The van der Waals surface area contributed by atoms with Crippen molar-refractivity contribution in [1.29, 1.82) is 0 Å². The van der Waals surface area contributed by atoms with Crippen molar-refractivity contribution in [3.8, 4) is 5.75 Å². The maximum absolute atomic E-state index is 12.9. The number of esters is 1. The lowest BCUT2D eigenvalue weighted by molar-refractivity contribution is -0.119. The summed E-state index contributed by atoms with van der Waals surface area (Å²) in [6, 6.07) is 19.8. The van der Waals surface area contributed by atoms with Crippen LogP contribution in [0.3, 0.4) is 0 Å². The number of ether oxygens (including phenoxy) is 2. The molecule has 1 N–H and O–H groups in total. The van der Waals surface area contributed by atoms with Gasteiger partial charge in [0.15, 0.2) is 6.61 Å². The smallest absolute Gasteiger partial charge is 0.342 e. The molecule has 0 atom stereocenters. The Labute approximate surface area is 221 Å². The van der Waals surface area contributed by atoms with Crippen LogP contribution in [-0.4, -0.2) is 44.3 Å². The van der Waals surface area contributed by atoms with E-state index in [4.69, 9.17) is 21.1 Å². The van der Waals surface area contributed by atoms with Gasteiger partial charge >= 0.3 is 5.97 Å². The van der Waals surface area contributed by atoms with Crippen LogP contribution in [0.2, 0.25) is 5.02 Å². The van der Waals surface area contributed by atoms with Crippen LogP contribution in [0.4, 0.5) is 5.69 Å². The van der Waals surface area contributed by atoms with Crippen molar-refractivity contribution in [3.05, 3.63) is 88.9 Å². The van der Waals surface area contributed by atoms with Crippen LogP contribution in [0, 0.1) is 0 Å². The number of halogens is 1. The summed E-state index contributed by atoms with van der Waals surface area (Å²) in [5.74, 6) is -1.04. The minimum atomic E-state index is -3.64. The number of hydrogen-bond donors (Lipinski definition) is 1. The van der Waals surface area contributed by atoms with Crippen LogP contribution in [0.5, 0.6) is 5.75 Å². The van der Waals surface area contributed by atoms with Crippen LogP contribution < -0.4 is 10.1 Å². The zero-order valence-electron chi connectivity index (χ0n) is 20.1. The lowest BCUT2D eigenvalue weighted by Gasteiger charge is -2.26. The van der Waals surface area contributed by atoms with Gasteiger partial charge in [0.1, 0.15) is 17.9 Å². The van der Waals surface area contributed by atoms with E-state index < -0.39 is 28.5 Å². The maximum Gasteiger partial charge on any atom is 0.342 e. The Morgan fingerprint density at radius 3 is 2.43 bits per heavy atom. The third-order valence-corrected chi connectivity index (χ3v) is 8.12. The lowest BCUT2D eigenvalue weighted by atomic mass is 10.2. The number of anilines is 1. The van der Waals surface area contributed by atoms with Crippen molar-refractivity contribution in [2.24, 2.45) is 0 Å². The number of benzene rings is 3. The van der Waals surface area contributed by atoms with Gasteiger partial charge in [-0.2, -0.15) is 4.31 Å². The molecule has 4 rings (SSSR count). The van der Waals surface area contributed by atoms with E-state index >= 15 is 0 Å². The Balaban J connectivity index is 1.35. The highest BCUT2D eigenvalue weighted by molar-refractivity contribution is 7.89. The molecule has 1 heterocycles. The molecular formula is C27H27ClN2O6S. The fourth-order valence-corrected chi connectivity index (χ4v) is 5.68. The van der Waals surface area contributed by atoms with Crippen molar-refractivity contribution in [2.75, 3.05) is 25.0 Å². The van der Waals surface area contributed by atoms with E-state index in [2.05, 4.69) is 5.32 Å². The van der Waals surface area contributed by atoms with Gasteiger partial charge in [-0.05, 0) is 49.2 Å². The van der Waals surface area contributed by atoms with Crippen molar-refractivity contribution < 1.29 is 27.5 Å². The highest BCUT2D eigenvalue weighted by Crippen LogP contribution is 2.24. The first-order valence-corrected chi connectivity index (χ1v) is 13.7. The van der Waals surface area contributed by atoms with Crippen LogP contribution >= 0.6 is 11.6 Å². The first-order chi connectivity index (χ1) is 17.8. The largest absolute Gasteiger partial charge is 0.488 e. The molecule has 1 fully saturated rings. The Kier molecular flexibility index (Phi) is 8.81. The van der Waals surface area contributed by atoms with Gasteiger partial charge in [-0.15, -0.1) is 0 Å². The second-order valence-electron chi connectivity index (χ2n) is 8.49. The fourth-order valence-electron chi connectivity index (χ4n) is 3.93. The van der Waals surface area contributed by atoms with Crippen LogP contribution in [-0.2, 0) is 26.2 Å². The molecule has 0 aromatic heterocycles. The Morgan fingerprint density at radius 2 is 1.65 bits per heavy atom. The highest BCUT2D eigenvalue weighted by atomic mass is 35.5. The number of amides is 1. The molecule has 0 radical (unpaired) electrons. The third-order valence-electron chi connectivity index (χ3n) is 5.85. The van der Waals surface area contributed by atoms with Gasteiger partial charge in [-0.1, -0.05) is 54.4 Å². The van der Waals surface area contributed by atoms with E-state index in [0.29, 0.717) is 29.5 Å². The maximum atomic E-state index is 12.9. The Bertz CT molecular complexity index is 1370. The summed E-state index contributed by atoms with van der Waals surface area (Å²) >= 11 is 6.17. The van der Waals surface area contributed by atoms with Gasteiger partial charge in [-0.25, -0.2) is 13.2 Å². The van der Waals surface area contributed by atoms with Crippen molar-refractivity contribution in [2.45, 2.75) is 30.8 Å². The van der Waals surface area contributed by atoms with E-state index in [1.165, 1.54) is 22.5 Å². The first kappa shape index (κ1) is 26.7. The van der Waals surface area contributed by atoms with Gasteiger partial charge in [0.25, 0.3) is 5.91 Å². The minimum Gasteiger partial charge on any atom is -0.488 e. The first-order valence-electron chi connectivity index (χ1n) is 11.9. The summed E-state index contributed by atoms with van der Waals surface area (Å²) in [7, 11) is -3.64. The standard InChI is InChI=1S/C27H27ClN2O6S/c28-24-13-4-2-9-20(24)18-35-25-14-5-3-12-23(25)27(32)36-19-26(31)29-21-10-8-11-22(17-21)37(33,34)30-15-6-1-7-16-30/h2-5,8-14,17H,1,6-7,15-16,18-19H2,(H,29,31). The van der Waals surface area contributed by atoms with Crippen LogP contribution in [0.15, 0.2) is 77.7 Å². The average Bonchev–Trinajstić information content (AvgIpc) is 2.92. The second-order valence-corrected chi connectivity index (χ2v) is 10.8. The molecule has 0 aliphatic carbocycles. The SMILES string of the molecule is O=C(COC(=O)c1ccccc1OCc1ccccc1Cl)Nc1cccc(S(=O)(=O)N2CCCCC2)c1. The van der Waals surface area contributed by atoms with Gasteiger partial charge in [-0.3, -0.25) is 4.79 Å². The van der Waals surface area contributed by atoms with E-state index in [-0.39, 0.29) is 17.1 Å². The minimum absolute atomic E-state index is 0.105.